The summed E-state index contributed by atoms with van der Waals surface area (Å²) < 4.78 is 30.6. The fourth-order valence-electron chi connectivity index (χ4n) is 3.83. The van der Waals surface area contributed by atoms with E-state index in [9.17, 15) is 18.8 Å². The zero-order valence-electron chi connectivity index (χ0n) is 21.3. The molecule has 0 aromatic heterocycles. The van der Waals surface area contributed by atoms with Crippen LogP contribution in [0.4, 0.5) is 14.9 Å². The number of rotatable bonds is 10. The first-order chi connectivity index (χ1) is 18.8. The number of carbonyl (C=O) groups excluding carboxylic acids is 3. The average Bonchev–Trinajstić information content (AvgIpc) is 2.90. The topological polar surface area (TPSA) is 94.2 Å². The molecule has 4 amide bonds. The second-order valence-corrected chi connectivity index (χ2v) is 8.89. The Morgan fingerprint density at radius 2 is 1.74 bits per heavy atom. The minimum Gasteiger partial charge on any atom is -0.494 e. The van der Waals surface area contributed by atoms with E-state index in [2.05, 4.69) is 5.32 Å². The molecule has 0 bridgehead atoms. The summed E-state index contributed by atoms with van der Waals surface area (Å²) >= 11 is 6.49. The summed E-state index contributed by atoms with van der Waals surface area (Å²) in [5.74, 6) is -0.941. The van der Waals surface area contributed by atoms with Crippen molar-refractivity contribution in [3.8, 4) is 17.2 Å². The van der Waals surface area contributed by atoms with Crippen molar-refractivity contribution in [2.45, 2.75) is 26.9 Å². The molecule has 0 unspecified atom stereocenters. The highest BCUT2D eigenvalue weighted by atomic mass is 35.5. The number of nitrogens with one attached hydrogen (secondary N) is 1. The number of nitrogens with zero attached hydrogens (tertiary/aromatic N) is 1. The van der Waals surface area contributed by atoms with Crippen LogP contribution in [0.2, 0.25) is 5.02 Å². The number of amides is 4. The Morgan fingerprint density at radius 1 is 0.974 bits per heavy atom. The van der Waals surface area contributed by atoms with Gasteiger partial charge >= 0.3 is 6.03 Å². The van der Waals surface area contributed by atoms with E-state index in [1.54, 1.807) is 49.4 Å². The number of carbonyl (C=O) groups is 3. The lowest BCUT2D eigenvalue weighted by Crippen LogP contribution is -2.54. The molecule has 0 aliphatic carbocycles. The van der Waals surface area contributed by atoms with Crippen LogP contribution in [0.5, 0.6) is 17.2 Å². The Balaban J connectivity index is 1.61. The summed E-state index contributed by atoms with van der Waals surface area (Å²) in [5.41, 5.74) is 0.971. The highest BCUT2D eigenvalue weighted by Crippen LogP contribution is 2.38. The second-order valence-electron chi connectivity index (χ2n) is 8.48. The van der Waals surface area contributed by atoms with Gasteiger partial charge in [-0.2, -0.15) is 0 Å². The molecule has 3 aromatic rings. The Labute approximate surface area is 229 Å². The Hall–Kier alpha value is -4.37. The van der Waals surface area contributed by atoms with Crippen LogP contribution in [0.3, 0.4) is 0 Å². The van der Waals surface area contributed by atoms with Gasteiger partial charge in [0.15, 0.2) is 11.5 Å². The SMILES string of the molecule is CCCOc1ccc(N2C(=O)NC(=O)/C(=C/c3cc(Cl)c(OCc4cccc(F)c4)c(OCC)c3)C2=O)cc1. The largest absolute Gasteiger partial charge is 0.494 e. The van der Waals surface area contributed by atoms with E-state index >= 15 is 0 Å². The molecule has 8 nitrogen and oxygen atoms in total. The van der Waals surface area contributed by atoms with Crippen molar-refractivity contribution in [3.63, 3.8) is 0 Å². The first kappa shape index (κ1) is 27.7. The van der Waals surface area contributed by atoms with Gasteiger partial charge in [0, 0.05) is 0 Å². The summed E-state index contributed by atoms with van der Waals surface area (Å²) in [6.07, 6.45) is 2.15. The van der Waals surface area contributed by atoms with E-state index in [0.717, 1.165) is 11.3 Å². The molecular weight excluding hydrogens is 527 g/mol. The number of halogens is 2. The van der Waals surface area contributed by atoms with Crippen LogP contribution in [0.1, 0.15) is 31.4 Å². The molecule has 1 fully saturated rings. The Bertz CT molecular complexity index is 1420. The second kappa shape index (κ2) is 12.4. The standard InChI is InChI=1S/C29H26ClFN2O6/c1-3-12-38-22-10-8-21(9-11-22)33-28(35)23(27(34)32-29(33)36)14-19-15-24(30)26(25(16-19)37-4-2)39-17-18-6-5-7-20(31)13-18/h5-11,13-16H,3-4,12,17H2,1-2H3,(H,32,34,36)/b23-14-. The van der Waals surface area contributed by atoms with E-state index in [0.29, 0.717) is 23.5 Å². The van der Waals surface area contributed by atoms with Crippen LogP contribution in [0, 0.1) is 5.82 Å². The third-order valence-electron chi connectivity index (χ3n) is 5.58. The number of urea groups is 1. The van der Waals surface area contributed by atoms with Gasteiger partial charge in [-0.25, -0.2) is 14.1 Å². The van der Waals surface area contributed by atoms with Crippen LogP contribution in [-0.2, 0) is 16.2 Å². The lowest BCUT2D eigenvalue weighted by Gasteiger charge is -2.26. The van der Waals surface area contributed by atoms with Gasteiger partial charge in [-0.3, -0.25) is 14.9 Å². The summed E-state index contributed by atoms with van der Waals surface area (Å²) in [6, 6.07) is 14.6. The van der Waals surface area contributed by atoms with Gasteiger partial charge in [-0.05, 0) is 79.1 Å². The molecule has 0 radical (unpaired) electrons. The van der Waals surface area contributed by atoms with Crippen molar-refractivity contribution in [1.82, 2.24) is 5.32 Å². The molecule has 4 rings (SSSR count). The maximum absolute atomic E-state index is 13.5. The number of ether oxygens (including phenoxy) is 3. The molecule has 1 N–H and O–H groups in total. The molecule has 0 spiro atoms. The van der Waals surface area contributed by atoms with Crippen LogP contribution in [-0.4, -0.2) is 31.1 Å². The summed E-state index contributed by atoms with van der Waals surface area (Å²) in [5, 5.41) is 2.35. The van der Waals surface area contributed by atoms with E-state index in [1.165, 1.54) is 24.3 Å². The van der Waals surface area contributed by atoms with Crippen molar-refractivity contribution in [2.75, 3.05) is 18.1 Å². The molecule has 1 aliphatic rings. The van der Waals surface area contributed by atoms with Crippen molar-refractivity contribution >= 4 is 41.2 Å². The molecule has 0 saturated carbocycles. The molecular formula is C29H26ClFN2O6. The van der Waals surface area contributed by atoms with E-state index in [4.69, 9.17) is 25.8 Å². The monoisotopic (exact) mass is 552 g/mol. The number of imide groups is 2. The fraction of sp³-hybridized carbons (Fsp3) is 0.207. The van der Waals surface area contributed by atoms with Crippen LogP contribution in [0.25, 0.3) is 6.08 Å². The number of anilines is 1. The zero-order valence-corrected chi connectivity index (χ0v) is 22.1. The maximum atomic E-state index is 13.5. The van der Waals surface area contributed by atoms with Gasteiger partial charge in [0.05, 0.1) is 23.9 Å². The smallest absolute Gasteiger partial charge is 0.335 e. The molecule has 202 valence electrons. The van der Waals surface area contributed by atoms with Gasteiger partial charge in [0.25, 0.3) is 11.8 Å². The quantitative estimate of drug-likeness (QED) is 0.248. The highest BCUT2D eigenvalue weighted by molar-refractivity contribution is 6.39. The van der Waals surface area contributed by atoms with Gasteiger partial charge in [-0.1, -0.05) is 30.7 Å². The first-order valence-electron chi connectivity index (χ1n) is 12.3. The third kappa shape index (κ3) is 6.56. The molecule has 1 aliphatic heterocycles. The maximum Gasteiger partial charge on any atom is 0.335 e. The van der Waals surface area contributed by atoms with Gasteiger partial charge < -0.3 is 14.2 Å². The van der Waals surface area contributed by atoms with Gasteiger partial charge in [-0.15, -0.1) is 0 Å². The number of benzene rings is 3. The van der Waals surface area contributed by atoms with Crippen molar-refractivity contribution in [2.24, 2.45) is 0 Å². The van der Waals surface area contributed by atoms with Crippen molar-refractivity contribution < 1.29 is 33.0 Å². The van der Waals surface area contributed by atoms with Crippen LogP contribution < -0.4 is 24.4 Å². The van der Waals surface area contributed by atoms with Gasteiger partial charge in [0.2, 0.25) is 0 Å². The minimum absolute atomic E-state index is 0.0399. The van der Waals surface area contributed by atoms with E-state index < -0.39 is 23.7 Å². The number of hydrogen-bond acceptors (Lipinski definition) is 6. The average molecular weight is 553 g/mol. The first-order valence-corrected chi connectivity index (χ1v) is 12.7. The number of hydrogen-bond donors (Lipinski definition) is 1. The molecule has 10 heteroatoms. The molecule has 0 atom stereocenters. The number of barbiturate groups is 1. The molecule has 39 heavy (non-hydrogen) atoms. The van der Waals surface area contributed by atoms with Crippen molar-refractivity contribution in [3.05, 3.63) is 88.2 Å². The van der Waals surface area contributed by atoms with Gasteiger partial charge in [0.1, 0.15) is 23.7 Å². The zero-order chi connectivity index (χ0) is 27.9. The molecule has 3 aromatic carbocycles. The predicted molar refractivity (Wildman–Crippen MR) is 145 cm³/mol. The summed E-state index contributed by atoms with van der Waals surface area (Å²) in [4.78, 5) is 39.3. The van der Waals surface area contributed by atoms with E-state index in [1.807, 2.05) is 6.92 Å². The predicted octanol–water partition coefficient (Wildman–Crippen LogP) is 5.91. The summed E-state index contributed by atoms with van der Waals surface area (Å²) in [6.45, 7) is 4.61. The minimum atomic E-state index is -0.862. The molecule has 1 heterocycles. The fourth-order valence-corrected chi connectivity index (χ4v) is 4.10. The lowest BCUT2D eigenvalue weighted by molar-refractivity contribution is -0.122. The Morgan fingerprint density at radius 3 is 2.44 bits per heavy atom. The van der Waals surface area contributed by atoms with Crippen LogP contribution >= 0.6 is 11.6 Å². The van der Waals surface area contributed by atoms with Crippen LogP contribution in [0.15, 0.2) is 66.2 Å². The summed E-state index contributed by atoms with van der Waals surface area (Å²) in [7, 11) is 0. The Kier molecular flexibility index (Phi) is 8.83. The normalized spacial score (nSPS) is 14.4. The lowest BCUT2D eigenvalue weighted by atomic mass is 10.1. The van der Waals surface area contributed by atoms with E-state index in [-0.39, 0.29) is 41.0 Å². The third-order valence-corrected chi connectivity index (χ3v) is 5.87. The molecule has 1 saturated heterocycles. The van der Waals surface area contributed by atoms with Crippen molar-refractivity contribution in [1.29, 1.82) is 0 Å². The highest BCUT2D eigenvalue weighted by Gasteiger charge is 2.37.